The summed E-state index contributed by atoms with van der Waals surface area (Å²) in [5.74, 6) is -0.392. The molecule has 0 aliphatic rings. The number of aryl methyl sites for hydroxylation is 2. The third-order valence-electron chi connectivity index (χ3n) is 3.41. The quantitative estimate of drug-likeness (QED) is 0.885. The van der Waals surface area contributed by atoms with Crippen molar-refractivity contribution in [3.05, 3.63) is 51.2 Å². The SMILES string of the molecule is CCCc1cc(C(=O)Nc2ccccc2C(=O)NC)sc1C. The van der Waals surface area contributed by atoms with E-state index in [1.807, 2.05) is 13.0 Å². The lowest BCUT2D eigenvalue weighted by Gasteiger charge is -2.09. The molecule has 2 rings (SSSR count). The summed E-state index contributed by atoms with van der Waals surface area (Å²) in [6.07, 6.45) is 2.03. The second-order valence-electron chi connectivity index (χ2n) is 5.02. The Labute approximate surface area is 134 Å². The molecule has 22 heavy (non-hydrogen) atoms. The van der Waals surface area contributed by atoms with Crippen molar-refractivity contribution in [2.75, 3.05) is 12.4 Å². The molecule has 2 N–H and O–H groups in total. The zero-order valence-electron chi connectivity index (χ0n) is 13.0. The highest BCUT2D eigenvalue weighted by molar-refractivity contribution is 7.14. The average molecular weight is 316 g/mol. The number of carbonyl (C=O) groups is 2. The standard InChI is InChI=1S/C17H20N2O2S/c1-4-7-12-10-15(22-11(12)2)17(21)19-14-9-6-5-8-13(14)16(20)18-3/h5-6,8-10H,4,7H2,1-3H3,(H,18,20)(H,19,21). The largest absolute Gasteiger partial charge is 0.355 e. The van der Waals surface area contributed by atoms with Gasteiger partial charge in [0.2, 0.25) is 0 Å². The predicted octanol–water partition coefficient (Wildman–Crippen LogP) is 3.62. The van der Waals surface area contributed by atoms with Gasteiger partial charge in [0.1, 0.15) is 0 Å². The number of amides is 2. The van der Waals surface area contributed by atoms with E-state index in [1.54, 1.807) is 31.3 Å². The fraction of sp³-hybridized carbons (Fsp3) is 0.294. The highest BCUT2D eigenvalue weighted by Crippen LogP contribution is 2.24. The molecule has 2 amide bonds. The first-order chi connectivity index (χ1) is 10.6. The second-order valence-corrected chi connectivity index (χ2v) is 6.28. The maximum absolute atomic E-state index is 12.4. The molecule has 5 heteroatoms. The van der Waals surface area contributed by atoms with E-state index in [0.717, 1.165) is 12.8 Å². The van der Waals surface area contributed by atoms with Crippen LogP contribution in [0.4, 0.5) is 5.69 Å². The summed E-state index contributed by atoms with van der Waals surface area (Å²) in [6, 6.07) is 8.94. The van der Waals surface area contributed by atoms with Gasteiger partial charge in [-0.1, -0.05) is 25.5 Å². The number of benzene rings is 1. The molecule has 0 radical (unpaired) electrons. The molecule has 116 valence electrons. The average Bonchev–Trinajstić information content (AvgIpc) is 2.89. The highest BCUT2D eigenvalue weighted by atomic mass is 32.1. The molecular weight excluding hydrogens is 296 g/mol. The number of nitrogens with one attached hydrogen (secondary N) is 2. The van der Waals surface area contributed by atoms with E-state index in [2.05, 4.69) is 17.6 Å². The Bertz CT molecular complexity index is 692. The first-order valence-corrected chi connectivity index (χ1v) is 8.10. The van der Waals surface area contributed by atoms with Gasteiger partial charge in [-0.3, -0.25) is 9.59 Å². The Morgan fingerprint density at radius 3 is 2.59 bits per heavy atom. The van der Waals surface area contributed by atoms with E-state index in [9.17, 15) is 9.59 Å². The summed E-state index contributed by atoms with van der Waals surface area (Å²) in [4.78, 5) is 26.1. The van der Waals surface area contributed by atoms with Crippen LogP contribution >= 0.6 is 11.3 Å². The predicted molar refractivity (Wildman–Crippen MR) is 90.8 cm³/mol. The van der Waals surface area contributed by atoms with Crippen LogP contribution in [0, 0.1) is 6.92 Å². The molecule has 4 nitrogen and oxygen atoms in total. The second kappa shape index (κ2) is 7.22. The number of hydrogen-bond donors (Lipinski definition) is 2. The zero-order chi connectivity index (χ0) is 16.1. The van der Waals surface area contributed by atoms with Crippen molar-refractivity contribution in [1.82, 2.24) is 5.32 Å². The maximum Gasteiger partial charge on any atom is 0.265 e. The minimum absolute atomic E-state index is 0.174. The molecular formula is C17H20N2O2S. The van der Waals surface area contributed by atoms with Crippen LogP contribution in [0.3, 0.4) is 0 Å². The van der Waals surface area contributed by atoms with Gasteiger partial charge in [0.15, 0.2) is 0 Å². The Hall–Kier alpha value is -2.14. The van der Waals surface area contributed by atoms with Gasteiger partial charge in [-0.15, -0.1) is 11.3 Å². The minimum atomic E-state index is -0.218. The van der Waals surface area contributed by atoms with Crippen molar-refractivity contribution in [2.24, 2.45) is 0 Å². The molecule has 0 bridgehead atoms. The molecule has 0 aliphatic carbocycles. The van der Waals surface area contributed by atoms with E-state index in [-0.39, 0.29) is 11.8 Å². The molecule has 1 aromatic heterocycles. The van der Waals surface area contributed by atoms with Crippen LogP contribution in [0.1, 0.15) is 43.8 Å². The van der Waals surface area contributed by atoms with Gasteiger partial charge in [-0.05, 0) is 37.1 Å². The molecule has 0 spiro atoms. The molecule has 0 fully saturated rings. The van der Waals surface area contributed by atoms with Crippen molar-refractivity contribution in [3.8, 4) is 0 Å². The van der Waals surface area contributed by atoms with E-state index in [1.165, 1.54) is 21.8 Å². The van der Waals surface area contributed by atoms with Crippen molar-refractivity contribution in [1.29, 1.82) is 0 Å². The van der Waals surface area contributed by atoms with Crippen LogP contribution in [0.15, 0.2) is 30.3 Å². The van der Waals surface area contributed by atoms with Crippen LogP contribution in [0.25, 0.3) is 0 Å². The number of thiophene rings is 1. The van der Waals surface area contributed by atoms with Crippen molar-refractivity contribution >= 4 is 28.8 Å². The molecule has 0 atom stereocenters. The number of carbonyl (C=O) groups excluding carboxylic acids is 2. The topological polar surface area (TPSA) is 58.2 Å². The number of rotatable bonds is 5. The summed E-state index contributed by atoms with van der Waals surface area (Å²) < 4.78 is 0. The van der Waals surface area contributed by atoms with Gasteiger partial charge >= 0.3 is 0 Å². The third-order valence-corrected chi connectivity index (χ3v) is 4.50. The molecule has 1 aromatic carbocycles. The molecule has 0 unspecified atom stereocenters. The summed E-state index contributed by atoms with van der Waals surface area (Å²) in [5.41, 5.74) is 2.20. The fourth-order valence-corrected chi connectivity index (χ4v) is 3.22. The molecule has 0 aliphatic heterocycles. The van der Waals surface area contributed by atoms with E-state index in [4.69, 9.17) is 0 Å². The fourth-order valence-electron chi connectivity index (χ4n) is 2.26. The van der Waals surface area contributed by atoms with E-state index < -0.39 is 0 Å². The third kappa shape index (κ3) is 3.54. The Morgan fingerprint density at radius 1 is 1.18 bits per heavy atom. The first kappa shape index (κ1) is 16.2. The lowest BCUT2D eigenvalue weighted by Crippen LogP contribution is -2.21. The van der Waals surface area contributed by atoms with Crippen LogP contribution < -0.4 is 10.6 Å². The van der Waals surface area contributed by atoms with E-state index >= 15 is 0 Å². The summed E-state index contributed by atoms with van der Waals surface area (Å²) in [6.45, 7) is 4.15. The van der Waals surface area contributed by atoms with Gasteiger partial charge in [0.05, 0.1) is 16.1 Å². The smallest absolute Gasteiger partial charge is 0.265 e. The van der Waals surface area contributed by atoms with Crippen LogP contribution in [-0.4, -0.2) is 18.9 Å². The monoisotopic (exact) mass is 316 g/mol. The number of anilines is 1. The zero-order valence-corrected chi connectivity index (χ0v) is 13.8. The van der Waals surface area contributed by atoms with Crippen molar-refractivity contribution in [3.63, 3.8) is 0 Å². The van der Waals surface area contributed by atoms with Gasteiger partial charge < -0.3 is 10.6 Å². The van der Waals surface area contributed by atoms with Gasteiger partial charge in [-0.2, -0.15) is 0 Å². The Kier molecular flexibility index (Phi) is 5.33. The lowest BCUT2D eigenvalue weighted by molar-refractivity contribution is 0.0964. The van der Waals surface area contributed by atoms with Crippen molar-refractivity contribution in [2.45, 2.75) is 26.7 Å². The van der Waals surface area contributed by atoms with E-state index in [0.29, 0.717) is 16.1 Å². The normalized spacial score (nSPS) is 10.3. The minimum Gasteiger partial charge on any atom is -0.355 e. The van der Waals surface area contributed by atoms with Crippen molar-refractivity contribution < 1.29 is 9.59 Å². The van der Waals surface area contributed by atoms with Gasteiger partial charge in [-0.25, -0.2) is 0 Å². The van der Waals surface area contributed by atoms with Crippen LogP contribution in [0.5, 0.6) is 0 Å². The van der Waals surface area contributed by atoms with Gasteiger partial charge in [0, 0.05) is 11.9 Å². The number of hydrogen-bond acceptors (Lipinski definition) is 3. The Morgan fingerprint density at radius 2 is 1.91 bits per heavy atom. The number of para-hydroxylation sites is 1. The maximum atomic E-state index is 12.4. The molecule has 0 saturated heterocycles. The Balaban J connectivity index is 2.22. The molecule has 0 saturated carbocycles. The summed E-state index contributed by atoms with van der Waals surface area (Å²) >= 11 is 1.49. The molecule has 1 heterocycles. The highest BCUT2D eigenvalue weighted by Gasteiger charge is 2.15. The molecule has 2 aromatic rings. The first-order valence-electron chi connectivity index (χ1n) is 7.28. The summed E-state index contributed by atoms with van der Waals surface area (Å²) in [5, 5.41) is 5.41. The van der Waals surface area contributed by atoms with Crippen LogP contribution in [-0.2, 0) is 6.42 Å². The van der Waals surface area contributed by atoms with Gasteiger partial charge in [0.25, 0.3) is 11.8 Å². The summed E-state index contributed by atoms with van der Waals surface area (Å²) in [7, 11) is 1.57. The van der Waals surface area contributed by atoms with Crippen LogP contribution in [0.2, 0.25) is 0 Å². The lowest BCUT2D eigenvalue weighted by atomic mass is 10.1.